The lowest BCUT2D eigenvalue weighted by atomic mass is 10.1. The number of carbonyl (C=O) groups excluding carboxylic acids is 2. The number of likely N-dealkylation sites (N-methyl/N-ethyl adjacent to an activating group) is 1. The van der Waals surface area contributed by atoms with Crippen LogP contribution in [0.2, 0.25) is 10.0 Å². The van der Waals surface area contributed by atoms with Gasteiger partial charge in [-0.1, -0.05) is 59.1 Å². The zero-order chi connectivity index (χ0) is 29.8. The first kappa shape index (κ1) is 31.3. The highest BCUT2D eigenvalue weighted by Gasteiger charge is 2.37. The molecule has 40 heavy (non-hydrogen) atoms. The molecular formula is C27H26Cl2F3N3O4S. The van der Waals surface area contributed by atoms with Crippen molar-refractivity contribution in [3.05, 3.63) is 93.5 Å². The van der Waals surface area contributed by atoms with Gasteiger partial charge in [0.1, 0.15) is 12.6 Å². The molecule has 3 aromatic carbocycles. The van der Waals surface area contributed by atoms with Crippen LogP contribution in [0.1, 0.15) is 23.6 Å². The number of hydrogen-bond donors (Lipinski definition) is 1. The summed E-state index contributed by atoms with van der Waals surface area (Å²) in [6.07, 6.45) is -4.89. The average molecular weight is 616 g/mol. The van der Waals surface area contributed by atoms with Crippen LogP contribution in [0.5, 0.6) is 0 Å². The van der Waals surface area contributed by atoms with E-state index >= 15 is 0 Å². The Kier molecular flexibility index (Phi) is 9.76. The molecule has 0 bridgehead atoms. The highest BCUT2D eigenvalue weighted by Crippen LogP contribution is 2.38. The first-order valence-corrected chi connectivity index (χ1v) is 14.1. The molecule has 0 aliphatic carbocycles. The Morgan fingerprint density at radius 3 is 2.17 bits per heavy atom. The van der Waals surface area contributed by atoms with Gasteiger partial charge in [0, 0.05) is 18.6 Å². The van der Waals surface area contributed by atoms with E-state index < -0.39 is 56.9 Å². The molecule has 0 unspecified atom stereocenters. The van der Waals surface area contributed by atoms with Crippen LogP contribution in [0.25, 0.3) is 0 Å². The standard InChI is InChI=1S/C27H26Cl2F3N3O4S/c1-17-8-11-21(12-9-17)40(38,39)35(20-10-13-24(29)22(14-20)27(30,31)32)16-25(36)34(18(2)26(37)33-3)15-19-6-4-5-7-23(19)28/h4-14,18H,15-16H2,1-3H3,(H,33,37)/t18-/m0/s1. The molecule has 0 radical (unpaired) electrons. The van der Waals surface area contributed by atoms with Crippen molar-refractivity contribution in [1.82, 2.24) is 10.2 Å². The number of alkyl halides is 3. The van der Waals surface area contributed by atoms with Crippen LogP contribution in [0.15, 0.2) is 71.6 Å². The van der Waals surface area contributed by atoms with Crippen molar-refractivity contribution in [1.29, 1.82) is 0 Å². The zero-order valence-electron chi connectivity index (χ0n) is 21.7. The molecule has 0 aliphatic heterocycles. The first-order valence-electron chi connectivity index (χ1n) is 11.9. The number of sulfonamides is 1. The molecule has 7 nitrogen and oxygen atoms in total. The number of rotatable bonds is 9. The molecule has 0 fully saturated rings. The second kappa shape index (κ2) is 12.5. The van der Waals surface area contributed by atoms with Gasteiger partial charge in [0.05, 0.1) is 21.2 Å². The summed E-state index contributed by atoms with van der Waals surface area (Å²) < 4.78 is 69.1. The predicted octanol–water partition coefficient (Wildman–Crippen LogP) is 5.68. The Labute approximate surface area is 240 Å². The van der Waals surface area contributed by atoms with E-state index in [1.807, 2.05) is 0 Å². The number of aryl methyl sites for hydroxylation is 1. The minimum atomic E-state index is -4.89. The Hall–Kier alpha value is -3.28. The summed E-state index contributed by atoms with van der Waals surface area (Å²) >= 11 is 12.0. The molecule has 0 saturated heterocycles. The van der Waals surface area contributed by atoms with Gasteiger partial charge in [0.2, 0.25) is 11.8 Å². The van der Waals surface area contributed by atoms with Gasteiger partial charge in [0.15, 0.2) is 0 Å². The summed E-state index contributed by atoms with van der Waals surface area (Å²) in [5.41, 5.74) is -0.476. The van der Waals surface area contributed by atoms with Crippen LogP contribution in [0, 0.1) is 6.92 Å². The third-order valence-corrected chi connectivity index (χ3v) is 8.63. The van der Waals surface area contributed by atoms with Gasteiger partial charge in [-0.3, -0.25) is 13.9 Å². The number of nitrogens with one attached hydrogen (secondary N) is 1. The normalized spacial score (nSPS) is 12.5. The van der Waals surface area contributed by atoms with Crippen molar-refractivity contribution in [2.75, 3.05) is 17.9 Å². The largest absolute Gasteiger partial charge is 0.417 e. The summed E-state index contributed by atoms with van der Waals surface area (Å²) in [5.74, 6) is -1.39. The molecule has 3 aromatic rings. The number of amides is 2. The minimum absolute atomic E-state index is 0.167. The summed E-state index contributed by atoms with van der Waals surface area (Å²) in [5, 5.41) is 2.11. The summed E-state index contributed by atoms with van der Waals surface area (Å²) in [6.45, 7) is 2.09. The Morgan fingerprint density at radius 1 is 0.975 bits per heavy atom. The van der Waals surface area contributed by atoms with Crippen LogP contribution in [-0.2, 0) is 32.3 Å². The van der Waals surface area contributed by atoms with Crippen molar-refractivity contribution < 1.29 is 31.2 Å². The van der Waals surface area contributed by atoms with Gasteiger partial charge in [-0.05, 0) is 55.8 Å². The smallest absolute Gasteiger partial charge is 0.357 e. The molecule has 214 valence electrons. The Morgan fingerprint density at radius 2 is 1.60 bits per heavy atom. The van der Waals surface area contributed by atoms with Crippen LogP contribution >= 0.6 is 23.2 Å². The van der Waals surface area contributed by atoms with Crippen molar-refractivity contribution in [3.8, 4) is 0 Å². The summed E-state index contributed by atoms with van der Waals surface area (Å²) in [6, 6.07) is 13.7. The van der Waals surface area contributed by atoms with E-state index in [1.54, 1.807) is 31.2 Å². The number of halogens is 5. The molecule has 0 heterocycles. The van der Waals surface area contributed by atoms with Crippen LogP contribution < -0.4 is 9.62 Å². The quantitative estimate of drug-likeness (QED) is 0.335. The highest BCUT2D eigenvalue weighted by molar-refractivity contribution is 7.92. The lowest BCUT2D eigenvalue weighted by Crippen LogP contribution is -2.50. The number of carbonyl (C=O) groups is 2. The maximum atomic E-state index is 13.8. The second-order valence-electron chi connectivity index (χ2n) is 8.89. The van der Waals surface area contributed by atoms with Crippen molar-refractivity contribution in [2.24, 2.45) is 0 Å². The topological polar surface area (TPSA) is 86.8 Å². The summed E-state index contributed by atoms with van der Waals surface area (Å²) in [4.78, 5) is 27.1. The average Bonchev–Trinajstić information content (AvgIpc) is 2.90. The molecule has 0 aliphatic rings. The maximum absolute atomic E-state index is 13.8. The van der Waals surface area contributed by atoms with Gasteiger partial charge in [0.25, 0.3) is 10.0 Å². The van der Waals surface area contributed by atoms with Gasteiger partial charge in [-0.25, -0.2) is 8.42 Å². The minimum Gasteiger partial charge on any atom is -0.357 e. The monoisotopic (exact) mass is 615 g/mol. The molecule has 13 heteroatoms. The molecule has 0 spiro atoms. The number of hydrogen-bond acceptors (Lipinski definition) is 4. The van der Waals surface area contributed by atoms with E-state index in [0.29, 0.717) is 21.0 Å². The van der Waals surface area contributed by atoms with Crippen molar-refractivity contribution in [3.63, 3.8) is 0 Å². The van der Waals surface area contributed by atoms with E-state index in [4.69, 9.17) is 23.2 Å². The van der Waals surface area contributed by atoms with Crippen LogP contribution in [0.3, 0.4) is 0 Å². The van der Waals surface area contributed by atoms with Gasteiger partial charge < -0.3 is 10.2 Å². The van der Waals surface area contributed by atoms with Crippen LogP contribution in [-0.4, -0.2) is 44.8 Å². The van der Waals surface area contributed by atoms with Gasteiger partial charge >= 0.3 is 6.18 Å². The molecule has 1 atom stereocenters. The number of nitrogens with zero attached hydrogens (tertiary/aromatic N) is 2. The van der Waals surface area contributed by atoms with Gasteiger partial charge in [-0.15, -0.1) is 0 Å². The summed E-state index contributed by atoms with van der Waals surface area (Å²) in [7, 11) is -3.19. The van der Waals surface area contributed by atoms with E-state index in [0.717, 1.165) is 22.6 Å². The molecule has 0 saturated carbocycles. The van der Waals surface area contributed by atoms with E-state index in [1.165, 1.54) is 38.2 Å². The highest BCUT2D eigenvalue weighted by atomic mass is 35.5. The molecule has 0 aromatic heterocycles. The molecule has 2 amide bonds. The van der Waals surface area contributed by atoms with Crippen molar-refractivity contribution >= 4 is 50.7 Å². The lowest BCUT2D eigenvalue weighted by molar-refractivity contribution is -0.139. The maximum Gasteiger partial charge on any atom is 0.417 e. The van der Waals surface area contributed by atoms with E-state index in [9.17, 15) is 31.2 Å². The van der Waals surface area contributed by atoms with E-state index in [-0.39, 0.29) is 11.4 Å². The Bertz CT molecular complexity index is 1500. The zero-order valence-corrected chi connectivity index (χ0v) is 24.0. The third-order valence-electron chi connectivity index (χ3n) is 6.14. The molecule has 3 rings (SSSR count). The number of benzene rings is 3. The second-order valence-corrected chi connectivity index (χ2v) is 11.6. The molecular weight excluding hydrogens is 590 g/mol. The van der Waals surface area contributed by atoms with Crippen LogP contribution in [0.4, 0.5) is 18.9 Å². The van der Waals surface area contributed by atoms with Gasteiger partial charge in [-0.2, -0.15) is 13.2 Å². The first-order chi connectivity index (χ1) is 18.7. The third kappa shape index (κ3) is 7.07. The lowest BCUT2D eigenvalue weighted by Gasteiger charge is -2.32. The fraction of sp³-hybridized carbons (Fsp3) is 0.259. The van der Waals surface area contributed by atoms with E-state index in [2.05, 4.69) is 5.32 Å². The fourth-order valence-corrected chi connectivity index (χ4v) is 5.68. The predicted molar refractivity (Wildman–Crippen MR) is 148 cm³/mol. The van der Waals surface area contributed by atoms with Crippen molar-refractivity contribution in [2.45, 2.75) is 37.5 Å². The Balaban J connectivity index is 2.14. The SMILES string of the molecule is CNC(=O)[C@H](C)N(Cc1ccccc1Cl)C(=O)CN(c1ccc(Cl)c(C(F)(F)F)c1)S(=O)(=O)c1ccc(C)cc1. The molecule has 1 N–H and O–H groups in total. The fourth-order valence-electron chi connectivity index (χ4n) is 3.85. The number of anilines is 1.